The molecular weight excluding hydrogens is 284 g/mol. The summed E-state index contributed by atoms with van der Waals surface area (Å²) in [6.45, 7) is 2.41. The van der Waals surface area contributed by atoms with Crippen LogP contribution in [0.1, 0.15) is 6.92 Å². The summed E-state index contributed by atoms with van der Waals surface area (Å²) in [5.74, 6) is 1.66. The summed E-state index contributed by atoms with van der Waals surface area (Å²) in [6.07, 6.45) is 2.00. The van der Waals surface area contributed by atoms with Crippen LogP contribution >= 0.6 is 11.8 Å². The number of nitrogens with one attached hydrogen (secondary N) is 1. The molecule has 0 amide bonds. The van der Waals surface area contributed by atoms with Gasteiger partial charge in [0.2, 0.25) is 10.0 Å². The monoisotopic (exact) mass is 304 g/mol. The summed E-state index contributed by atoms with van der Waals surface area (Å²) < 4.78 is 31.7. The first-order valence-electron chi connectivity index (χ1n) is 5.82. The summed E-state index contributed by atoms with van der Waals surface area (Å²) in [6, 6.07) is 4.44. The fraction of sp³-hybridized carbons (Fsp3) is 0.500. The molecule has 3 N–H and O–H groups in total. The normalized spacial score (nSPS) is 13.2. The Morgan fingerprint density at radius 2 is 2.16 bits per heavy atom. The standard InChI is InChI=1S/C12H20N2O3S2/c1-9(8-18-3)7-14-19(15,16)10-4-5-12(17-2)11(13)6-10/h4-6,9,14H,7-8,13H2,1-3H3. The van der Waals surface area contributed by atoms with Crippen molar-refractivity contribution in [3.63, 3.8) is 0 Å². The van der Waals surface area contributed by atoms with Gasteiger partial charge < -0.3 is 10.5 Å². The molecule has 19 heavy (non-hydrogen) atoms. The van der Waals surface area contributed by atoms with Gasteiger partial charge in [-0.1, -0.05) is 6.92 Å². The number of thioether (sulfide) groups is 1. The molecule has 7 heteroatoms. The maximum absolute atomic E-state index is 12.1. The van der Waals surface area contributed by atoms with Crippen molar-refractivity contribution in [2.45, 2.75) is 11.8 Å². The van der Waals surface area contributed by atoms with Gasteiger partial charge in [-0.3, -0.25) is 0 Å². The Bertz CT molecular complexity index is 518. The summed E-state index contributed by atoms with van der Waals surface area (Å²) in [4.78, 5) is 0.155. The highest BCUT2D eigenvalue weighted by Crippen LogP contribution is 2.24. The summed E-state index contributed by atoms with van der Waals surface area (Å²) in [5.41, 5.74) is 6.02. The average Bonchev–Trinajstić information content (AvgIpc) is 2.37. The van der Waals surface area contributed by atoms with E-state index in [0.717, 1.165) is 5.75 Å². The van der Waals surface area contributed by atoms with Gasteiger partial charge in [0.25, 0.3) is 0 Å². The smallest absolute Gasteiger partial charge is 0.240 e. The molecule has 0 heterocycles. The van der Waals surface area contributed by atoms with Gasteiger partial charge in [-0.15, -0.1) is 0 Å². The number of ether oxygens (including phenoxy) is 1. The fourth-order valence-corrected chi connectivity index (χ4v) is 3.45. The number of methoxy groups -OCH3 is 1. The molecule has 0 bridgehead atoms. The molecule has 5 nitrogen and oxygen atoms in total. The van der Waals surface area contributed by atoms with Crippen LogP contribution in [0.15, 0.2) is 23.1 Å². The fourth-order valence-electron chi connectivity index (χ4n) is 1.56. The molecule has 1 unspecified atom stereocenters. The Kier molecular flexibility index (Phi) is 5.96. The van der Waals surface area contributed by atoms with Crippen molar-refractivity contribution >= 4 is 27.5 Å². The first-order valence-corrected chi connectivity index (χ1v) is 8.70. The quantitative estimate of drug-likeness (QED) is 0.747. The molecule has 0 aliphatic carbocycles. The molecule has 0 aliphatic heterocycles. The average molecular weight is 304 g/mol. The lowest BCUT2D eigenvalue weighted by molar-refractivity contribution is 0.416. The van der Waals surface area contributed by atoms with Crippen LogP contribution in [0.25, 0.3) is 0 Å². The molecule has 0 saturated heterocycles. The Balaban J connectivity index is 2.80. The van der Waals surface area contributed by atoms with Crippen LogP contribution in [0.3, 0.4) is 0 Å². The Hall–Kier alpha value is -0.920. The zero-order valence-electron chi connectivity index (χ0n) is 11.3. The van der Waals surface area contributed by atoms with E-state index < -0.39 is 10.0 Å². The van der Waals surface area contributed by atoms with Crippen LogP contribution in [0, 0.1) is 5.92 Å². The minimum Gasteiger partial charge on any atom is -0.495 e. The Labute approximate surface area is 119 Å². The predicted molar refractivity (Wildman–Crippen MR) is 80.1 cm³/mol. The maximum atomic E-state index is 12.1. The molecule has 0 radical (unpaired) electrons. The van der Waals surface area contributed by atoms with E-state index in [0.29, 0.717) is 18.0 Å². The van der Waals surface area contributed by atoms with Gasteiger partial charge in [0.1, 0.15) is 5.75 Å². The molecule has 1 aromatic rings. The topological polar surface area (TPSA) is 81.4 Å². The second kappa shape index (κ2) is 7.02. The highest BCUT2D eigenvalue weighted by Gasteiger charge is 2.16. The first-order chi connectivity index (χ1) is 8.90. The van der Waals surface area contributed by atoms with E-state index >= 15 is 0 Å². The van der Waals surface area contributed by atoms with Crippen molar-refractivity contribution in [2.75, 3.05) is 31.4 Å². The number of anilines is 1. The van der Waals surface area contributed by atoms with E-state index in [1.807, 2.05) is 13.2 Å². The molecule has 1 rings (SSSR count). The van der Waals surface area contributed by atoms with Crippen molar-refractivity contribution in [1.29, 1.82) is 0 Å². The molecule has 0 aromatic heterocycles. The largest absolute Gasteiger partial charge is 0.495 e. The molecule has 0 spiro atoms. The van der Waals surface area contributed by atoms with Gasteiger partial charge in [-0.05, 0) is 36.1 Å². The van der Waals surface area contributed by atoms with Crippen molar-refractivity contribution in [2.24, 2.45) is 5.92 Å². The van der Waals surface area contributed by atoms with Gasteiger partial charge in [-0.25, -0.2) is 13.1 Å². The number of benzene rings is 1. The molecule has 1 atom stereocenters. The van der Waals surface area contributed by atoms with Crippen molar-refractivity contribution in [3.8, 4) is 5.75 Å². The van der Waals surface area contributed by atoms with Crippen LogP contribution in [0.4, 0.5) is 5.69 Å². The van der Waals surface area contributed by atoms with Gasteiger partial charge in [0.15, 0.2) is 0 Å². The second-order valence-corrected chi connectivity index (χ2v) is 6.99. The number of rotatable bonds is 7. The van der Waals surface area contributed by atoms with Crippen LogP contribution in [0.5, 0.6) is 5.75 Å². The number of hydrogen-bond acceptors (Lipinski definition) is 5. The second-order valence-electron chi connectivity index (χ2n) is 4.32. The van der Waals surface area contributed by atoms with E-state index in [4.69, 9.17) is 10.5 Å². The minimum atomic E-state index is -3.52. The highest BCUT2D eigenvalue weighted by molar-refractivity contribution is 7.98. The van der Waals surface area contributed by atoms with Crippen LogP contribution in [-0.2, 0) is 10.0 Å². The van der Waals surface area contributed by atoms with E-state index in [1.165, 1.54) is 19.2 Å². The van der Waals surface area contributed by atoms with Crippen molar-refractivity contribution in [1.82, 2.24) is 4.72 Å². The number of nitrogen functional groups attached to an aromatic ring is 1. The van der Waals surface area contributed by atoms with E-state index in [1.54, 1.807) is 17.8 Å². The first kappa shape index (κ1) is 16.1. The minimum absolute atomic E-state index is 0.155. The third kappa shape index (κ3) is 4.59. The lowest BCUT2D eigenvalue weighted by Gasteiger charge is -2.12. The zero-order chi connectivity index (χ0) is 14.5. The number of sulfonamides is 1. The third-order valence-corrected chi connectivity index (χ3v) is 4.91. The van der Waals surface area contributed by atoms with Gasteiger partial charge in [-0.2, -0.15) is 11.8 Å². The molecule has 1 aromatic carbocycles. The maximum Gasteiger partial charge on any atom is 0.240 e. The summed E-state index contributed by atoms with van der Waals surface area (Å²) >= 11 is 1.69. The molecule has 0 saturated carbocycles. The lowest BCUT2D eigenvalue weighted by Crippen LogP contribution is -2.29. The molecule has 108 valence electrons. The lowest BCUT2D eigenvalue weighted by atomic mass is 10.2. The summed E-state index contributed by atoms with van der Waals surface area (Å²) in [5, 5.41) is 0. The summed E-state index contributed by atoms with van der Waals surface area (Å²) in [7, 11) is -2.03. The number of hydrogen-bond donors (Lipinski definition) is 2. The van der Waals surface area contributed by atoms with E-state index in [-0.39, 0.29) is 10.8 Å². The van der Waals surface area contributed by atoms with Crippen LogP contribution in [0.2, 0.25) is 0 Å². The highest BCUT2D eigenvalue weighted by atomic mass is 32.2. The predicted octanol–water partition coefficient (Wildman–Crippen LogP) is 1.55. The van der Waals surface area contributed by atoms with Crippen molar-refractivity contribution < 1.29 is 13.2 Å². The Morgan fingerprint density at radius 1 is 1.47 bits per heavy atom. The SMILES string of the molecule is COc1ccc(S(=O)(=O)NCC(C)CSC)cc1N. The van der Waals surface area contributed by atoms with Crippen molar-refractivity contribution in [3.05, 3.63) is 18.2 Å². The number of nitrogens with two attached hydrogens (primary N) is 1. The Morgan fingerprint density at radius 3 is 2.68 bits per heavy atom. The van der Waals surface area contributed by atoms with Gasteiger partial charge in [0.05, 0.1) is 17.7 Å². The van der Waals surface area contributed by atoms with E-state index in [9.17, 15) is 8.42 Å². The molecular formula is C12H20N2O3S2. The van der Waals surface area contributed by atoms with Gasteiger partial charge in [0, 0.05) is 6.54 Å². The van der Waals surface area contributed by atoms with Crippen LogP contribution in [-0.4, -0.2) is 34.1 Å². The van der Waals surface area contributed by atoms with E-state index in [2.05, 4.69) is 4.72 Å². The zero-order valence-corrected chi connectivity index (χ0v) is 13.0. The third-order valence-electron chi connectivity index (χ3n) is 2.58. The van der Waals surface area contributed by atoms with Crippen LogP contribution < -0.4 is 15.2 Å². The molecule has 0 aliphatic rings. The van der Waals surface area contributed by atoms with Gasteiger partial charge >= 0.3 is 0 Å². The molecule has 0 fully saturated rings.